The van der Waals surface area contributed by atoms with Gasteiger partial charge in [0.1, 0.15) is 11.6 Å². The van der Waals surface area contributed by atoms with Gasteiger partial charge in [0.05, 0.1) is 29.8 Å². The lowest BCUT2D eigenvalue weighted by atomic mass is 9.89. The number of likely N-dealkylation sites (N-methyl/N-ethyl adjacent to an activating group) is 1. The normalized spacial score (nSPS) is 16.7. The fourth-order valence-electron chi connectivity index (χ4n) is 7.33. The van der Waals surface area contributed by atoms with Gasteiger partial charge >= 0.3 is 0 Å². The number of H-pyrrole nitrogens is 1. The van der Waals surface area contributed by atoms with Crippen LogP contribution in [0.25, 0.3) is 21.9 Å². The number of aromatic nitrogens is 3. The van der Waals surface area contributed by atoms with Gasteiger partial charge in [0.15, 0.2) is 6.61 Å². The second kappa shape index (κ2) is 13.9. The van der Waals surface area contributed by atoms with E-state index in [0.29, 0.717) is 30.3 Å². The van der Waals surface area contributed by atoms with Crippen molar-refractivity contribution in [1.82, 2.24) is 24.3 Å². The number of benzene rings is 3. The van der Waals surface area contributed by atoms with Gasteiger partial charge in [-0.2, -0.15) is 0 Å². The molecule has 2 aliphatic heterocycles. The van der Waals surface area contributed by atoms with E-state index in [-0.39, 0.29) is 18.6 Å². The van der Waals surface area contributed by atoms with Crippen LogP contribution in [0, 0.1) is 5.92 Å². The molecule has 0 aliphatic carbocycles. The fourth-order valence-corrected chi connectivity index (χ4v) is 7.33. The number of piperidine rings is 1. The average Bonchev–Trinajstić information content (AvgIpc) is 3.80. The molecule has 2 aliphatic rings. The highest BCUT2D eigenvalue weighted by molar-refractivity contribution is 6.09. The molecule has 2 fully saturated rings. The number of hydrogen-bond acceptors (Lipinski definition) is 6. The summed E-state index contributed by atoms with van der Waals surface area (Å²) in [5.41, 5.74) is 9.67. The Balaban J connectivity index is 1.21. The minimum atomic E-state index is -0.432. The molecule has 3 N–H and O–H groups in total. The number of hydrogen-bond donors (Lipinski definition) is 2. The first kappa shape index (κ1) is 31.5. The van der Waals surface area contributed by atoms with Crippen LogP contribution in [0.3, 0.4) is 0 Å². The van der Waals surface area contributed by atoms with E-state index < -0.39 is 5.91 Å². The molecule has 0 bridgehead atoms. The lowest BCUT2D eigenvalue weighted by Crippen LogP contribution is -2.46. The van der Waals surface area contributed by atoms with Crippen molar-refractivity contribution < 1.29 is 14.3 Å². The summed E-state index contributed by atoms with van der Waals surface area (Å²) >= 11 is 0. The van der Waals surface area contributed by atoms with E-state index in [9.17, 15) is 9.59 Å². The molecule has 2 amide bonds. The number of primary amides is 1. The van der Waals surface area contributed by atoms with Gasteiger partial charge in [-0.15, -0.1) is 0 Å². The number of imidazole rings is 1. The second-order valence-electron chi connectivity index (χ2n) is 13.0. The number of nitrogens with one attached hydrogen (secondary N) is 1. The molecule has 5 aromatic rings. The molecule has 10 heteroatoms. The van der Waals surface area contributed by atoms with Gasteiger partial charge in [-0.25, -0.2) is 4.98 Å². The molecular weight excluding hydrogens is 602 g/mol. The quantitative estimate of drug-likeness (QED) is 0.217. The maximum Gasteiger partial charge on any atom is 0.260 e. The van der Waals surface area contributed by atoms with Crippen LogP contribution >= 0.6 is 0 Å². The highest BCUT2D eigenvalue weighted by atomic mass is 16.5. The average molecular weight is 646 g/mol. The van der Waals surface area contributed by atoms with E-state index in [1.165, 1.54) is 0 Å². The Hall–Kier alpha value is -5.09. The number of carbonyl (C=O) groups is 2. The van der Waals surface area contributed by atoms with E-state index in [1.54, 1.807) is 6.33 Å². The number of fused-ring (bicyclic) bond motifs is 1. The number of rotatable bonds is 10. The minimum absolute atomic E-state index is 0.0102. The summed E-state index contributed by atoms with van der Waals surface area (Å²) in [7, 11) is 2.13. The number of carbonyl (C=O) groups excluding carboxylic acids is 2. The lowest BCUT2D eigenvalue weighted by Gasteiger charge is -2.37. The molecule has 4 heterocycles. The van der Waals surface area contributed by atoms with Gasteiger partial charge in [0.25, 0.3) is 11.8 Å². The number of aromatic amines is 1. The van der Waals surface area contributed by atoms with Crippen LogP contribution in [-0.4, -0.2) is 89.1 Å². The first-order valence-corrected chi connectivity index (χ1v) is 16.9. The second-order valence-corrected chi connectivity index (χ2v) is 13.0. The highest BCUT2D eigenvalue weighted by Gasteiger charge is 2.33. The molecule has 0 radical (unpaired) electrons. The zero-order valence-electron chi connectivity index (χ0n) is 27.4. The van der Waals surface area contributed by atoms with Crippen molar-refractivity contribution in [2.45, 2.75) is 25.3 Å². The Kier molecular flexibility index (Phi) is 9.16. The number of nitrogens with zero attached hydrogens (tertiary/aromatic N) is 5. The minimum Gasteiger partial charge on any atom is -0.484 e. The number of para-hydroxylation sites is 1. The largest absolute Gasteiger partial charge is 0.484 e. The summed E-state index contributed by atoms with van der Waals surface area (Å²) in [5, 5.41) is 2.19. The molecule has 10 nitrogen and oxygen atoms in total. The summed E-state index contributed by atoms with van der Waals surface area (Å²) in [4.78, 5) is 40.9. The van der Waals surface area contributed by atoms with Crippen molar-refractivity contribution in [3.05, 3.63) is 103 Å². The molecule has 248 valence electrons. The molecule has 2 aromatic heterocycles. The van der Waals surface area contributed by atoms with Gasteiger partial charge in [0, 0.05) is 51.0 Å². The summed E-state index contributed by atoms with van der Waals surface area (Å²) < 4.78 is 8.02. The monoisotopic (exact) mass is 645 g/mol. The van der Waals surface area contributed by atoms with Crippen molar-refractivity contribution >= 4 is 28.4 Å². The number of piperazine rings is 1. The summed E-state index contributed by atoms with van der Waals surface area (Å²) in [6.07, 6.45) is 8.33. The summed E-state index contributed by atoms with van der Waals surface area (Å²) in [6, 6.07) is 23.8. The van der Waals surface area contributed by atoms with Crippen LogP contribution in [0.2, 0.25) is 0 Å². The van der Waals surface area contributed by atoms with Gasteiger partial charge in [-0.1, -0.05) is 60.7 Å². The molecule has 0 spiro atoms. The molecule has 1 unspecified atom stereocenters. The van der Waals surface area contributed by atoms with E-state index in [2.05, 4.69) is 61.8 Å². The summed E-state index contributed by atoms with van der Waals surface area (Å²) in [5.74, 6) is 1.50. The number of likely N-dealkylation sites (tertiary alicyclic amines) is 1. The van der Waals surface area contributed by atoms with Crippen LogP contribution in [-0.2, 0) is 4.79 Å². The van der Waals surface area contributed by atoms with Gasteiger partial charge in [0.2, 0.25) is 0 Å². The Morgan fingerprint density at radius 1 is 0.917 bits per heavy atom. The maximum atomic E-state index is 13.5. The number of nitrogens with two attached hydrogens (primary N) is 1. The first-order valence-electron chi connectivity index (χ1n) is 16.9. The standard InChI is InChI=1S/C38H43N7O3/c1-42-18-20-44(21-19-42)38-36(37(39)47)32(31-13-7-9-28-8-5-6-12-30(28)31)24-45(38)34(33-23-40-26-41-33)22-27-14-16-43(17-15-27)35(46)25-48-29-10-3-2-4-11-29/h2-13,23-24,26-27,34H,14-22,25H2,1H3,(H2,39,47)(H,40,41). The van der Waals surface area contributed by atoms with Gasteiger partial charge in [-0.05, 0) is 60.7 Å². The van der Waals surface area contributed by atoms with Crippen LogP contribution in [0.1, 0.15) is 41.4 Å². The van der Waals surface area contributed by atoms with Crippen molar-refractivity contribution in [3.63, 3.8) is 0 Å². The molecule has 3 aromatic carbocycles. The van der Waals surface area contributed by atoms with Crippen LogP contribution in [0.5, 0.6) is 5.75 Å². The fraction of sp³-hybridized carbons (Fsp3) is 0.342. The third-order valence-corrected chi connectivity index (χ3v) is 9.98. The molecule has 2 saturated heterocycles. The molecule has 48 heavy (non-hydrogen) atoms. The predicted octanol–water partition coefficient (Wildman–Crippen LogP) is 5.18. The Morgan fingerprint density at radius 3 is 2.38 bits per heavy atom. The predicted molar refractivity (Wildman–Crippen MR) is 188 cm³/mol. The van der Waals surface area contributed by atoms with Crippen LogP contribution < -0.4 is 15.4 Å². The molecular formula is C38H43N7O3. The molecule has 0 saturated carbocycles. The van der Waals surface area contributed by atoms with Crippen LogP contribution in [0.4, 0.5) is 5.82 Å². The van der Waals surface area contributed by atoms with Crippen molar-refractivity contribution in [2.24, 2.45) is 11.7 Å². The molecule has 7 rings (SSSR count). The number of anilines is 1. The van der Waals surface area contributed by atoms with Crippen molar-refractivity contribution in [1.29, 1.82) is 0 Å². The van der Waals surface area contributed by atoms with Crippen molar-refractivity contribution in [3.8, 4) is 16.9 Å². The van der Waals surface area contributed by atoms with Gasteiger partial charge < -0.3 is 34.7 Å². The SMILES string of the molecule is CN1CCN(c2c(C(N)=O)c(-c3cccc4ccccc34)cn2C(CC2CCN(C(=O)COc3ccccc3)CC2)c2cnc[nH]2)CC1. The van der Waals surface area contributed by atoms with E-state index in [0.717, 1.165) is 78.9 Å². The number of amides is 2. The Bertz CT molecular complexity index is 1850. The third-order valence-electron chi connectivity index (χ3n) is 9.98. The van der Waals surface area contributed by atoms with E-state index in [1.807, 2.05) is 59.6 Å². The zero-order chi connectivity index (χ0) is 33.0. The van der Waals surface area contributed by atoms with E-state index >= 15 is 0 Å². The van der Waals surface area contributed by atoms with Gasteiger partial charge in [-0.3, -0.25) is 9.59 Å². The Morgan fingerprint density at radius 2 is 1.65 bits per heavy atom. The zero-order valence-corrected chi connectivity index (χ0v) is 27.4. The third kappa shape index (κ3) is 6.53. The van der Waals surface area contributed by atoms with E-state index in [4.69, 9.17) is 10.5 Å². The maximum absolute atomic E-state index is 13.5. The smallest absolute Gasteiger partial charge is 0.260 e. The molecule has 1 atom stereocenters. The highest BCUT2D eigenvalue weighted by Crippen LogP contribution is 2.42. The first-order chi connectivity index (χ1) is 23.5. The topological polar surface area (TPSA) is 113 Å². The summed E-state index contributed by atoms with van der Waals surface area (Å²) in [6.45, 7) is 4.76. The van der Waals surface area contributed by atoms with Crippen LogP contribution in [0.15, 0.2) is 91.5 Å². The number of ether oxygens (including phenoxy) is 1. The van der Waals surface area contributed by atoms with Crippen molar-refractivity contribution in [2.75, 3.05) is 57.8 Å². The Labute approximate surface area is 281 Å². The lowest BCUT2D eigenvalue weighted by molar-refractivity contribution is -0.134.